The van der Waals surface area contributed by atoms with Gasteiger partial charge < -0.3 is 14.7 Å². The Balaban J connectivity index is 1.74. The molecule has 2 atom stereocenters. The van der Waals surface area contributed by atoms with E-state index in [1.54, 1.807) is 36.2 Å². The fraction of sp³-hybridized carbons (Fsp3) is 0.300. The topological polar surface area (TPSA) is 66.8 Å². The zero-order valence-corrected chi connectivity index (χ0v) is 15.1. The van der Waals surface area contributed by atoms with E-state index in [9.17, 15) is 9.59 Å². The second-order valence-electron chi connectivity index (χ2n) is 6.39. The number of benzene rings is 2. The summed E-state index contributed by atoms with van der Waals surface area (Å²) in [5.41, 5.74) is 2.12. The third-order valence-corrected chi connectivity index (χ3v) is 4.93. The van der Waals surface area contributed by atoms with Gasteiger partial charge in [0.25, 0.3) is 0 Å². The molecule has 1 saturated heterocycles. The summed E-state index contributed by atoms with van der Waals surface area (Å²) in [6.07, 6.45) is 0.949. The highest BCUT2D eigenvalue weighted by Crippen LogP contribution is 2.34. The second-order valence-corrected chi connectivity index (χ2v) is 6.83. The van der Waals surface area contributed by atoms with Gasteiger partial charge in [-0.15, -0.1) is 0 Å². The molecule has 2 aromatic carbocycles. The number of hydrogen-bond donors (Lipinski definition) is 1. The quantitative estimate of drug-likeness (QED) is 0.862. The summed E-state index contributed by atoms with van der Waals surface area (Å²) in [7, 11) is 1.79. The number of aromatic carboxylic acids is 1. The molecule has 0 spiro atoms. The highest BCUT2D eigenvalue weighted by molar-refractivity contribution is 6.30. The van der Waals surface area contributed by atoms with E-state index < -0.39 is 5.97 Å². The molecule has 136 valence electrons. The molecule has 0 aromatic heterocycles. The van der Waals surface area contributed by atoms with Crippen molar-refractivity contribution < 1.29 is 19.4 Å². The number of piperidine rings is 1. The van der Waals surface area contributed by atoms with Crippen molar-refractivity contribution in [3.05, 3.63) is 70.2 Å². The largest absolute Gasteiger partial charge is 0.478 e. The van der Waals surface area contributed by atoms with Crippen molar-refractivity contribution in [1.29, 1.82) is 0 Å². The van der Waals surface area contributed by atoms with Gasteiger partial charge in [-0.3, -0.25) is 4.79 Å². The summed E-state index contributed by atoms with van der Waals surface area (Å²) < 4.78 is 6.11. The number of halogens is 1. The van der Waals surface area contributed by atoms with Crippen molar-refractivity contribution >= 4 is 23.5 Å². The van der Waals surface area contributed by atoms with Crippen molar-refractivity contribution in [2.24, 2.45) is 0 Å². The van der Waals surface area contributed by atoms with Gasteiger partial charge in [0.05, 0.1) is 24.3 Å². The molecule has 1 aliphatic rings. The van der Waals surface area contributed by atoms with E-state index in [1.165, 1.54) is 0 Å². The van der Waals surface area contributed by atoms with Gasteiger partial charge in [-0.1, -0.05) is 35.9 Å². The highest BCUT2D eigenvalue weighted by Gasteiger charge is 2.35. The minimum absolute atomic E-state index is 0.0932. The number of hydrogen-bond acceptors (Lipinski definition) is 3. The molecule has 6 heteroatoms. The minimum atomic E-state index is -0.951. The third-order valence-electron chi connectivity index (χ3n) is 4.68. The number of rotatable bonds is 5. The Hall–Kier alpha value is -2.37. The van der Waals surface area contributed by atoms with Crippen molar-refractivity contribution in [2.45, 2.75) is 31.6 Å². The van der Waals surface area contributed by atoms with Crippen molar-refractivity contribution in [3.63, 3.8) is 0 Å². The molecular weight excluding hydrogens is 354 g/mol. The molecule has 0 aliphatic carbocycles. The molecule has 0 radical (unpaired) electrons. The summed E-state index contributed by atoms with van der Waals surface area (Å²) in [6, 6.07) is 13.9. The molecular formula is C20H20ClNO4. The molecule has 1 heterocycles. The van der Waals surface area contributed by atoms with Gasteiger partial charge in [-0.05, 0) is 41.8 Å². The lowest BCUT2D eigenvalue weighted by molar-refractivity contribution is -0.143. The lowest BCUT2D eigenvalue weighted by atomic mass is 9.92. The summed E-state index contributed by atoms with van der Waals surface area (Å²) in [4.78, 5) is 24.8. The monoisotopic (exact) mass is 373 g/mol. The lowest BCUT2D eigenvalue weighted by Gasteiger charge is -2.39. The Kier molecular flexibility index (Phi) is 5.59. The van der Waals surface area contributed by atoms with Crippen LogP contribution in [-0.4, -0.2) is 35.0 Å². The fourth-order valence-corrected chi connectivity index (χ4v) is 3.35. The molecule has 5 nitrogen and oxygen atoms in total. The van der Waals surface area contributed by atoms with Crippen LogP contribution in [0.4, 0.5) is 0 Å². The number of amides is 1. The molecule has 0 bridgehead atoms. The van der Waals surface area contributed by atoms with Crippen LogP contribution in [0.1, 0.15) is 40.4 Å². The third kappa shape index (κ3) is 4.06. The Bertz CT molecular complexity index is 788. The average Bonchev–Trinajstić information content (AvgIpc) is 2.64. The van der Waals surface area contributed by atoms with Crippen LogP contribution in [0.2, 0.25) is 5.02 Å². The predicted octanol–water partition coefficient (Wildman–Crippen LogP) is 3.92. The van der Waals surface area contributed by atoms with E-state index in [4.69, 9.17) is 21.4 Å². The first-order chi connectivity index (χ1) is 12.5. The molecule has 26 heavy (non-hydrogen) atoms. The number of ether oxygens (including phenoxy) is 1. The SMILES string of the molecule is CN1C(=O)CC[C@H](OCc2ccc(C(=O)O)cc2)[C@H]1c1ccc(Cl)cc1. The second kappa shape index (κ2) is 7.89. The number of carbonyl (C=O) groups excluding carboxylic acids is 1. The Morgan fingerprint density at radius 3 is 2.46 bits per heavy atom. The maximum absolute atomic E-state index is 12.2. The summed E-state index contributed by atoms with van der Waals surface area (Å²) >= 11 is 5.97. The van der Waals surface area contributed by atoms with Crippen LogP contribution in [0.5, 0.6) is 0 Å². The first-order valence-electron chi connectivity index (χ1n) is 8.40. The van der Waals surface area contributed by atoms with E-state index in [2.05, 4.69) is 0 Å². The van der Waals surface area contributed by atoms with Crippen LogP contribution in [0.15, 0.2) is 48.5 Å². The van der Waals surface area contributed by atoms with Gasteiger partial charge in [-0.2, -0.15) is 0 Å². The average molecular weight is 374 g/mol. The van der Waals surface area contributed by atoms with Gasteiger partial charge >= 0.3 is 5.97 Å². The minimum Gasteiger partial charge on any atom is -0.478 e. The van der Waals surface area contributed by atoms with E-state index >= 15 is 0 Å². The number of nitrogens with zero attached hydrogens (tertiary/aromatic N) is 1. The zero-order chi connectivity index (χ0) is 18.7. The smallest absolute Gasteiger partial charge is 0.335 e. The highest BCUT2D eigenvalue weighted by atomic mass is 35.5. The van der Waals surface area contributed by atoms with E-state index in [0.29, 0.717) is 24.5 Å². The van der Waals surface area contributed by atoms with Crippen molar-refractivity contribution in [1.82, 2.24) is 4.90 Å². The fourth-order valence-electron chi connectivity index (χ4n) is 3.22. The standard InChI is InChI=1S/C20H20ClNO4/c1-22-18(23)11-10-17(19(22)14-6-8-16(21)9-7-14)26-12-13-2-4-15(5-3-13)20(24)25/h2-9,17,19H,10-12H2,1H3,(H,24,25)/t17-,19+/m0/s1. The van der Waals surface area contributed by atoms with Gasteiger partial charge in [0.15, 0.2) is 0 Å². The molecule has 3 rings (SSSR count). The van der Waals surface area contributed by atoms with Crippen LogP contribution in [0, 0.1) is 0 Å². The van der Waals surface area contributed by atoms with Gasteiger partial charge in [-0.25, -0.2) is 4.79 Å². The number of likely N-dealkylation sites (tertiary alicyclic amines) is 1. The first-order valence-corrected chi connectivity index (χ1v) is 8.78. The Morgan fingerprint density at radius 1 is 1.19 bits per heavy atom. The first kappa shape index (κ1) is 18.4. The zero-order valence-electron chi connectivity index (χ0n) is 14.4. The van der Waals surface area contributed by atoms with E-state index in [-0.39, 0.29) is 23.6 Å². The lowest BCUT2D eigenvalue weighted by Crippen LogP contribution is -2.44. The Labute approximate surface area is 157 Å². The summed E-state index contributed by atoms with van der Waals surface area (Å²) in [6.45, 7) is 0.358. The van der Waals surface area contributed by atoms with Crippen LogP contribution >= 0.6 is 11.6 Å². The van der Waals surface area contributed by atoms with Crippen LogP contribution in [-0.2, 0) is 16.1 Å². The molecule has 2 aromatic rings. The van der Waals surface area contributed by atoms with E-state index in [1.807, 2.05) is 24.3 Å². The van der Waals surface area contributed by atoms with Crippen molar-refractivity contribution in [2.75, 3.05) is 7.05 Å². The molecule has 0 saturated carbocycles. The number of carboxylic acids is 1. The molecule has 1 N–H and O–H groups in total. The van der Waals surface area contributed by atoms with Crippen LogP contribution in [0.3, 0.4) is 0 Å². The number of carboxylic acid groups (broad SMARTS) is 1. The van der Waals surface area contributed by atoms with Crippen LogP contribution < -0.4 is 0 Å². The summed E-state index contributed by atoms with van der Waals surface area (Å²) in [5, 5.41) is 9.61. The summed E-state index contributed by atoms with van der Waals surface area (Å²) in [5.74, 6) is -0.858. The molecule has 1 amide bonds. The van der Waals surface area contributed by atoms with Gasteiger partial charge in [0, 0.05) is 18.5 Å². The Morgan fingerprint density at radius 2 is 1.85 bits per heavy atom. The number of likely N-dealkylation sites (N-methyl/N-ethyl adjacent to an activating group) is 1. The van der Waals surface area contributed by atoms with E-state index in [0.717, 1.165) is 11.1 Å². The number of carbonyl (C=O) groups is 2. The molecule has 0 unspecified atom stereocenters. The maximum Gasteiger partial charge on any atom is 0.335 e. The predicted molar refractivity (Wildman–Crippen MR) is 98.2 cm³/mol. The molecule has 1 fully saturated rings. The van der Waals surface area contributed by atoms with Crippen LogP contribution in [0.25, 0.3) is 0 Å². The molecule has 1 aliphatic heterocycles. The van der Waals surface area contributed by atoms with Gasteiger partial charge in [0.2, 0.25) is 5.91 Å². The van der Waals surface area contributed by atoms with Gasteiger partial charge in [0.1, 0.15) is 0 Å². The maximum atomic E-state index is 12.2. The van der Waals surface area contributed by atoms with Crippen molar-refractivity contribution in [3.8, 4) is 0 Å². The normalized spacial score (nSPS) is 20.2.